The van der Waals surface area contributed by atoms with E-state index in [9.17, 15) is 4.79 Å². The largest absolute Gasteiger partial charge is 0.441 e. The van der Waals surface area contributed by atoms with Crippen LogP contribution in [0.4, 0.5) is 4.79 Å². The Morgan fingerprint density at radius 1 is 1.35 bits per heavy atom. The van der Waals surface area contributed by atoms with Crippen molar-refractivity contribution in [3.8, 4) is 6.07 Å². The average molecular weight is 271 g/mol. The third-order valence-electron chi connectivity index (χ3n) is 4.05. The van der Waals surface area contributed by atoms with Crippen LogP contribution < -0.4 is 5.32 Å². The number of hydrogen-bond donors (Lipinski definition) is 1. The summed E-state index contributed by atoms with van der Waals surface area (Å²) in [6, 6.07) is 9.55. The number of rotatable bonds is 2. The second kappa shape index (κ2) is 5.14. The van der Waals surface area contributed by atoms with Crippen LogP contribution in [0, 0.1) is 11.3 Å². The molecule has 0 atom stereocenters. The summed E-state index contributed by atoms with van der Waals surface area (Å²) < 4.78 is 5.61. The first kappa shape index (κ1) is 12.9. The first-order valence-corrected chi connectivity index (χ1v) is 6.89. The molecule has 20 heavy (non-hydrogen) atoms. The molecule has 2 fully saturated rings. The van der Waals surface area contributed by atoms with E-state index < -0.39 is 0 Å². The molecule has 0 aromatic heterocycles. The van der Waals surface area contributed by atoms with Crippen LogP contribution in [0.15, 0.2) is 24.3 Å². The van der Waals surface area contributed by atoms with Gasteiger partial charge in [-0.15, -0.1) is 0 Å². The third kappa shape index (κ3) is 2.35. The number of amides is 1. The quantitative estimate of drug-likeness (QED) is 0.888. The van der Waals surface area contributed by atoms with E-state index in [0.717, 1.165) is 31.5 Å². The van der Waals surface area contributed by atoms with Crippen molar-refractivity contribution in [3.63, 3.8) is 0 Å². The Morgan fingerprint density at radius 3 is 2.85 bits per heavy atom. The topological polar surface area (TPSA) is 65.4 Å². The number of ether oxygens (including phenoxy) is 1. The maximum atomic E-state index is 12.1. The molecule has 2 aliphatic heterocycles. The fourth-order valence-corrected chi connectivity index (χ4v) is 2.93. The molecule has 3 rings (SSSR count). The summed E-state index contributed by atoms with van der Waals surface area (Å²) in [5, 5.41) is 12.4. The number of nitrogens with zero attached hydrogens (tertiary/aromatic N) is 2. The Labute approximate surface area is 118 Å². The van der Waals surface area contributed by atoms with Crippen LogP contribution >= 0.6 is 0 Å². The van der Waals surface area contributed by atoms with Gasteiger partial charge in [0.05, 0.1) is 24.7 Å². The summed E-state index contributed by atoms with van der Waals surface area (Å²) in [5.74, 6) is 0. The van der Waals surface area contributed by atoms with Crippen LogP contribution in [0.3, 0.4) is 0 Å². The number of benzene rings is 1. The van der Waals surface area contributed by atoms with Gasteiger partial charge in [-0.1, -0.05) is 18.2 Å². The van der Waals surface area contributed by atoms with Crippen molar-refractivity contribution in [2.45, 2.75) is 25.0 Å². The summed E-state index contributed by atoms with van der Waals surface area (Å²) in [6.45, 7) is 2.83. The summed E-state index contributed by atoms with van der Waals surface area (Å²) in [4.78, 5) is 13.8. The molecule has 2 heterocycles. The maximum Gasteiger partial charge on any atom is 0.410 e. The third-order valence-corrected chi connectivity index (χ3v) is 4.05. The van der Waals surface area contributed by atoms with Gasteiger partial charge in [0.15, 0.2) is 0 Å². The fourth-order valence-electron chi connectivity index (χ4n) is 2.93. The SMILES string of the molecule is N#Cc1ccccc1CN1CC2(CCNCC2)OC1=O. The number of nitriles is 1. The molecule has 0 bridgehead atoms. The summed E-state index contributed by atoms with van der Waals surface area (Å²) in [7, 11) is 0. The van der Waals surface area contributed by atoms with Crippen molar-refractivity contribution in [1.29, 1.82) is 5.26 Å². The van der Waals surface area contributed by atoms with Crippen molar-refractivity contribution in [1.82, 2.24) is 10.2 Å². The summed E-state index contributed by atoms with van der Waals surface area (Å²) in [5.41, 5.74) is 1.16. The van der Waals surface area contributed by atoms with Crippen LogP contribution in [0.25, 0.3) is 0 Å². The summed E-state index contributed by atoms with van der Waals surface area (Å²) in [6.07, 6.45) is 1.45. The Morgan fingerprint density at radius 2 is 2.10 bits per heavy atom. The van der Waals surface area contributed by atoms with Gasteiger partial charge in [0.1, 0.15) is 5.60 Å². The number of carbonyl (C=O) groups excluding carboxylic acids is 1. The Hall–Kier alpha value is -2.06. The van der Waals surface area contributed by atoms with Crippen LogP contribution in [-0.2, 0) is 11.3 Å². The van der Waals surface area contributed by atoms with Gasteiger partial charge in [-0.25, -0.2) is 4.79 Å². The smallest absolute Gasteiger partial charge is 0.410 e. The van der Waals surface area contributed by atoms with E-state index in [2.05, 4.69) is 11.4 Å². The highest BCUT2D eigenvalue weighted by Gasteiger charge is 2.45. The molecule has 0 radical (unpaired) electrons. The van der Waals surface area contributed by atoms with Gasteiger partial charge in [0.25, 0.3) is 0 Å². The van der Waals surface area contributed by atoms with E-state index in [-0.39, 0.29) is 11.7 Å². The molecule has 1 N–H and O–H groups in total. The molecule has 104 valence electrons. The van der Waals surface area contributed by atoms with Crippen LogP contribution in [0.2, 0.25) is 0 Å². The minimum absolute atomic E-state index is 0.264. The molecule has 5 nitrogen and oxygen atoms in total. The first-order valence-electron chi connectivity index (χ1n) is 6.89. The zero-order valence-corrected chi connectivity index (χ0v) is 11.3. The second-order valence-corrected chi connectivity index (χ2v) is 5.43. The molecule has 1 amide bonds. The lowest BCUT2D eigenvalue weighted by atomic mass is 9.92. The lowest BCUT2D eigenvalue weighted by molar-refractivity contribution is 0.0316. The summed E-state index contributed by atoms with van der Waals surface area (Å²) >= 11 is 0. The first-order chi connectivity index (χ1) is 9.72. The van der Waals surface area contributed by atoms with Gasteiger partial charge < -0.3 is 10.1 Å². The van der Waals surface area contributed by atoms with Crippen molar-refractivity contribution >= 4 is 6.09 Å². The van der Waals surface area contributed by atoms with Gasteiger partial charge in [0, 0.05) is 12.8 Å². The minimum Gasteiger partial charge on any atom is -0.441 e. The van der Waals surface area contributed by atoms with E-state index in [0.29, 0.717) is 18.7 Å². The minimum atomic E-state index is -0.329. The van der Waals surface area contributed by atoms with E-state index in [4.69, 9.17) is 10.00 Å². The molecule has 2 aliphatic rings. The Kier molecular flexibility index (Phi) is 3.33. The molecule has 2 saturated heterocycles. The van der Waals surface area contributed by atoms with Gasteiger partial charge in [-0.2, -0.15) is 5.26 Å². The molecular weight excluding hydrogens is 254 g/mol. The van der Waals surface area contributed by atoms with Crippen LogP contribution in [0.5, 0.6) is 0 Å². The van der Waals surface area contributed by atoms with Gasteiger partial charge in [-0.3, -0.25) is 4.90 Å². The van der Waals surface area contributed by atoms with E-state index in [1.165, 1.54) is 0 Å². The fraction of sp³-hybridized carbons (Fsp3) is 0.467. The average Bonchev–Trinajstić information content (AvgIpc) is 2.76. The molecule has 1 aromatic carbocycles. The number of nitrogens with one attached hydrogen (secondary N) is 1. The monoisotopic (exact) mass is 271 g/mol. The molecule has 1 aromatic rings. The zero-order chi connectivity index (χ0) is 14.0. The molecular formula is C15H17N3O2. The van der Waals surface area contributed by atoms with Gasteiger partial charge >= 0.3 is 6.09 Å². The molecule has 0 saturated carbocycles. The van der Waals surface area contributed by atoms with E-state index in [1.807, 2.05) is 18.2 Å². The molecule has 5 heteroatoms. The Balaban J connectivity index is 1.75. The number of hydrogen-bond acceptors (Lipinski definition) is 4. The standard InChI is InChI=1S/C15H17N3O2/c16-9-12-3-1-2-4-13(12)10-18-11-15(20-14(18)19)5-7-17-8-6-15/h1-4,17H,5-8,10-11H2. The van der Waals surface area contributed by atoms with Crippen molar-refractivity contribution in [2.75, 3.05) is 19.6 Å². The highest BCUT2D eigenvalue weighted by molar-refractivity contribution is 5.71. The molecule has 0 unspecified atom stereocenters. The van der Waals surface area contributed by atoms with Crippen LogP contribution in [-0.4, -0.2) is 36.2 Å². The highest BCUT2D eigenvalue weighted by Crippen LogP contribution is 2.32. The lowest BCUT2D eigenvalue weighted by Gasteiger charge is -2.31. The second-order valence-electron chi connectivity index (χ2n) is 5.43. The normalized spacial score (nSPS) is 20.8. The Bertz CT molecular complexity index is 558. The van der Waals surface area contributed by atoms with Crippen LogP contribution in [0.1, 0.15) is 24.0 Å². The number of carbonyl (C=O) groups is 1. The van der Waals surface area contributed by atoms with Crippen molar-refractivity contribution in [3.05, 3.63) is 35.4 Å². The van der Waals surface area contributed by atoms with Crippen molar-refractivity contribution in [2.24, 2.45) is 0 Å². The molecule has 0 aliphatic carbocycles. The highest BCUT2D eigenvalue weighted by atomic mass is 16.6. The molecule has 1 spiro atoms. The van der Waals surface area contributed by atoms with E-state index >= 15 is 0 Å². The zero-order valence-electron chi connectivity index (χ0n) is 11.3. The van der Waals surface area contributed by atoms with Crippen molar-refractivity contribution < 1.29 is 9.53 Å². The van der Waals surface area contributed by atoms with Gasteiger partial charge in [0.2, 0.25) is 0 Å². The predicted octanol–water partition coefficient (Wildman–Crippen LogP) is 1.63. The maximum absolute atomic E-state index is 12.1. The number of piperidine rings is 1. The van der Waals surface area contributed by atoms with E-state index in [1.54, 1.807) is 11.0 Å². The van der Waals surface area contributed by atoms with Gasteiger partial charge in [-0.05, 0) is 24.7 Å². The predicted molar refractivity (Wildman–Crippen MR) is 72.9 cm³/mol. The lowest BCUT2D eigenvalue weighted by Crippen LogP contribution is -2.44.